The van der Waals surface area contributed by atoms with Gasteiger partial charge in [0.25, 0.3) is 0 Å². The minimum absolute atomic E-state index is 0.213. The highest BCUT2D eigenvalue weighted by Crippen LogP contribution is 2.30. The van der Waals surface area contributed by atoms with Gasteiger partial charge in [-0.2, -0.15) is 0 Å². The molecule has 0 aliphatic heterocycles. The summed E-state index contributed by atoms with van der Waals surface area (Å²) in [6.07, 6.45) is 5.36. The number of carboxylic acids is 1. The minimum Gasteiger partial charge on any atom is -0.481 e. The van der Waals surface area contributed by atoms with E-state index in [4.69, 9.17) is 5.11 Å². The largest absolute Gasteiger partial charge is 0.481 e. The number of aliphatic hydroxyl groups is 1. The molecule has 0 heterocycles. The quantitative estimate of drug-likeness (QED) is 0.730. The normalized spacial score (nSPS) is 23.0. The predicted molar refractivity (Wildman–Crippen MR) is 54.0 cm³/mol. The van der Waals surface area contributed by atoms with Crippen molar-refractivity contribution in [2.45, 2.75) is 51.6 Å². The summed E-state index contributed by atoms with van der Waals surface area (Å²) in [5.41, 5.74) is 0. The Hall–Kier alpha value is -0.570. The highest BCUT2D eigenvalue weighted by Gasteiger charge is 2.31. The second-order valence-electron chi connectivity index (χ2n) is 4.24. The standard InChI is InChI=1S/C11H20O3/c1-2-9(11(13)14)10(12)8-6-4-3-5-7-8/h8-10,12H,2-7H2,1H3,(H,13,14). The Morgan fingerprint density at radius 3 is 2.36 bits per heavy atom. The van der Waals surface area contributed by atoms with E-state index in [-0.39, 0.29) is 5.92 Å². The molecule has 14 heavy (non-hydrogen) atoms. The van der Waals surface area contributed by atoms with Crippen LogP contribution in [0.2, 0.25) is 0 Å². The van der Waals surface area contributed by atoms with E-state index >= 15 is 0 Å². The third-order valence-corrected chi connectivity index (χ3v) is 3.30. The van der Waals surface area contributed by atoms with Crippen LogP contribution in [0.4, 0.5) is 0 Å². The Kier molecular flexibility index (Phi) is 4.39. The van der Waals surface area contributed by atoms with Gasteiger partial charge in [0.2, 0.25) is 0 Å². The molecule has 0 aromatic heterocycles. The van der Waals surface area contributed by atoms with Gasteiger partial charge in [0.05, 0.1) is 12.0 Å². The second-order valence-corrected chi connectivity index (χ2v) is 4.24. The molecule has 1 saturated carbocycles. The molecule has 0 amide bonds. The molecule has 2 atom stereocenters. The molecule has 0 aromatic rings. The molecule has 1 fully saturated rings. The molecule has 0 spiro atoms. The first-order valence-corrected chi connectivity index (χ1v) is 5.57. The molecule has 1 aliphatic carbocycles. The van der Waals surface area contributed by atoms with Crippen molar-refractivity contribution in [2.75, 3.05) is 0 Å². The molecule has 0 aromatic carbocycles. The third-order valence-electron chi connectivity index (χ3n) is 3.30. The van der Waals surface area contributed by atoms with Gasteiger partial charge >= 0.3 is 5.97 Å². The van der Waals surface area contributed by atoms with E-state index < -0.39 is 18.0 Å². The summed E-state index contributed by atoms with van der Waals surface area (Å²) < 4.78 is 0. The van der Waals surface area contributed by atoms with Gasteiger partial charge in [-0.05, 0) is 25.2 Å². The van der Waals surface area contributed by atoms with Crippen LogP contribution < -0.4 is 0 Å². The fraction of sp³-hybridized carbons (Fsp3) is 0.909. The monoisotopic (exact) mass is 200 g/mol. The Balaban J connectivity index is 2.51. The lowest BCUT2D eigenvalue weighted by Gasteiger charge is -2.29. The summed E-state index contributed by atoms with van der Waals surface area (Å²) >= 11 is 0. The van der Waals surface area contributed by atoms with E-state index in [2.05, 4.69) is 0 Å². The van der Waals surface area contributed by atoms with Gasteiger partial charge in [0.1, 0.15) is 0 Å². The summed E-state index contributed by atoms with van der Waals surface area (Å²) in [7, 11) is 0. The van der Waals surface area contributed by atoms with Crippen molar-refractivity contribution in [3.63, 3.8) is 0 Å². The molecular weight excluding hydrogens is 180 g/mol. The lowest BCUT2D eigenvalue weighted by atomic mass is 9.79. The zero-order valence-electron chi connectivity index (χ0n) is 8.78. The van der Waals surface area contributed by atoms with Crippen molar-refractivity contribution >= 4 is 5.97 Å². The van der Waals surface area contributed by atoms with Crippen LogP contribution in [0.3, 0.4) is 0 Å². The maximum atomic E-state index is 10.9. The summed E-state index contributed by atoms with van der Waals surface area (Å²) in [5, 5.41) is 18.8. The number of carboxylic acid groups (broad SMARTS) is 1. The molecular formula is C11H20O3. The Bertz CT molecular complexity index is 185. The number of hydrogen-bond donors (Lipinski definition) is 2. The number of aliphatic carboxylic acids is 1. The smallest absolute Gasteiger partial charge is 0.309 e. The van der Waals surface area contributed by atoms with Crippen LogP contribution in [0.15, 0.2) is 0 Å². The van der Waals surface area contributed by atoms with E-state index in [9.17, 15) is 9.90 Å². The Morgan fingerprint density at radius 2 is 1.93 bits per heavy atom. The molecule has 2 unspecified atom stereocenters. The summed E-state index contributed by atoms with van der Waals surface area (Å²) in [6.45, 7) is 1.82. The maximum Gasteiger partial charge on any atom is 0.309 e. The van der Waals surface area contributed by atoms with Gasteiger partial charge in [-0.25, -0.2) is 0 Å². The first-order valence-electron chi connectivity index (χ1n) is 5.57. The van der Waals surface area contributed by atoms with Crippen LogP contribution in [-0.2, 0) is 4.79 Å². The van der Waals surface area contributed by atoms with E-state index in [1.807, 2.05) is 6.92 Å². The maximum absolute atomic E-state index is 10.9. The van der Waals surface area contributed by atoms with Gasteiger partial charge in [-0.1, -0.05) is 26.2 Å². The average Bonchev–Trinajstić information content (AvgIpc) is 2.19. The van der Waals surface area contributed by atoms with Gasteiger partial charge in [0, 0.05) is 0 Å². The van der Waals surface area contributed by atoms with Gasteiger partial charge in [-0.3, -0.25) is 4.79 Å². The van der Waals surface area contributed by atoms with E-state index in [1.165, 1.54) is 6.42 Å². The Labute approximate surface area is 85.1 Å². The molecule has 0 bridgehead atoms. The van der Waals surface area contributed by atoms with Crippen LogP contribution in [0.5, 0.6) is 0 Å². The second kappa shape index (κ2) is 5.35. The number of carbonyl (C=O) groups is 1. The lowest BCUT2D eigenvalue weighted by molar-refractivity contribution is -0.147. The minimum atomic E-state index is -0.856. The Morgan fingerprint density at radius 1 is 1.36 bits per heavy atom. The molecule has 2 N–H and O–H groups in total. The van der Waals surface area contributed by atoms with E-state index in [0.717, 1.165) is 25.7 Å². The number of rotatable bonds is 4. The first-order chi connectivity index (χ1) is 6.66. The molecule has 3 nitrogen and oxygen atoms in total. The lowest BCUT2D eigenvalue weighted by Crippen LogP contribution is -2.35. The fourth-order valence-corrected chi connectivity index (χ4v) is 2.37. The summed E-state index contributed by atoms with van der Waals surface area (Å²) in [4.78, 5) is 10.9. The van der Waals surface area contributed by atoms with Gasteiger partial charge in [-0.15, -0.1) is 0 Å². The summed E-state index contributed by atoms with van der Waals surface area (Å²) in [6, 6.07) is 0. The van der Waals surface area contributed by atoms with Crippen molar-refractivity contribution in [3.05, 3.63) is 0 Å². The van der Waals surface area contributed by atoms with Crippen LogP contribution in [0.25, 0.3) is 0 Å². The van der Waals surface area contributed by atoms with Crippen LogP contribution in [0.1, 0.15) is 45.4 Å². The molecule has 0 saturated heterocycles. The fourth-order valence-electron chi connectivity index (χ4n) is 2.37. The first kappa shape index (κ1) is 11.5. The topological polar surface area (TPSA) is 57.5 Å². The zero-order chi connectivity index (χ0) is 10.6. The SMILES string of the molecule is CCC(C(=O)O)C(O)C1CCCCC1. The van der Waals surface area contributed by atoms with E-state index in [1.54, 1.807) is 0 Å². The average molecular weight is 200 g/mol. The van der Waals surface area contributed by atoms with Crippen LogP contribution >= 0.6 is 0 Å². The van der Waals surface area contributed by atoms with Crippen LogP contribution in [-0.4, -0.2) is 22.3 Å². The zero-order valence-corrected chi connectivity index (χ0v) is 8.78. The van der Waals surface area contributed by atoms with Gasteiger partial charge < -0.3 is 10.2 Å². The van der Waals surface area contributed by atoms with E-state index in [0.29, 0.717) is 6.42 Å². The van der Waals surface area contributed by atoms with Crippen molar-refractivity contribution in [3.8, 4) is 0 Å². The highest BCUT2D eigenvalue weighted by molar-refractivity contribution is 5.70. The van der Waals surface area contributed by atoms with Crippen molar-refractivity contribution in [1.29, 1.82) is 0 Å². The predicted octanol–water partition coefficient (Wildman–Crippen LogP) is 2.04. The number of aliphatic hydroxyl groups excluding tert-OH is 1. The van der Waals surface area contributed by atoms with Crippen molar-refractivity contribution < 1.29 is 15.0 Å². The molecule has 0 radical (unpaired) electrons. The summed E-state index contributed by atoms with van der Waals surface area (Å²) in [5.74, 6) is -1.21. The number of hydrogen-bond acceptors (Lipinski definition) is 2. The van der Waals surface area contributed by atoms with Gasteiger partial charge in [0.15, 0.2) is 0 Å². The van der Waals surface area contributed by atoms with Crippen molar-refractivity contribution in [2.24, 2.45) is 11.8 Å². The highest BCUT2D eigenvalue weighted by atomic mass is 16.4. The molecule has 1 rings (SSSR count). The molecule has 1 aliphatic rings. The molecule has 82 valence electrons. The molecule has 3 heteroatoms. The third kappa shape index (κ3) is 2.71. The van der Waals surface area contributed by atoms with Crippen molar-refractivity contribution in [1.82, 2.24) is 0 Å². The van der Waals surface area contributed by atoms with Crippen LogP contribution in [0, 0.1) is 11.8 Å².